The van der Waals surface area contributed by atoms with Gasteiger partial charge in [-0.15, -0.1) is 0 Å². The third-order valence-corrected chi connectivity index (χ3v) is 7.17. The molecular weight excluding hydrogens is 426 g/mol. The van der Waals surface area contributed by atoms with Crippen molar-refractivity contribution in [1.82, 2.24) is 14.7 Å². The molecule has 3 fully saturated rings. The molecule has 1 amide bonds. The van der Waals surface area contributed by atoms with E-state index in [-0.39, 0.29) is 37.6 Å². The molecule has 0 aliphatic carbocycles. The Kier molecular flexibility index (Phi) is 7.03. The van der Waals surface area contributed by atoms with Crippen LogP contribution in [0.4, 0.5) is 0 Å². The van der Waals surface area contributed by atoms with E-state index in [1.165, 1.54) is 0 Å². The second-order valence-corrected chi connectivity index (χ2v) is 9.64. The first-order chi connectivity index (χ1) is 16.0. The molecule has 1 aromatic rings. The molecule has 5 rings (SSSR count). The number of benzene rings is 1. The SMILES string of the molecule is CN1CCN(C(=O)C[C@H]2CC[C@H]3[C@@H](COC[C@H](O)CN3Cc3ccc4c(c3)OCO4)O2)CC1. The van der Waals surface area contributed by atoms with Gasteiger partial charge in [0.25, 0.3) is 0 Å². The van der Waals surface area contributed by atoms with Crippen molar-refractivity contribution in [3.8, 4) is 11.5 Å². The summed E-state index contributed by atoms with van der Waals surface area (Å²) in [5.74, 6) is 1.72. The van der Waals surface area contributed by atoms with Gasteiger partial charge in [-0.25, -0.2) is 0 Å². The van der Waals surface area contributed by atoms with Gasteiger partial charge in [-0.3, -0.25) is 9.69 Å². The lowest BCUT2D eigenvalue weighted by atomic mass is 9.94. The van der Waals surface area contributed by atoms with E-state index in [9.17, 15) is 9.90 Å². The molecular formula is C24H35N3O6. The highest BCUT2D eigenvalue weighted by atomic mass is 16.7. The predicted molar refractivity (Wildman–Crippen MR) is 120 cm³/mol. The van der Waals surface area contributed by atoms with Crippen molar-refractivity contribution in [2.75, 3.05) is 59.8 Å². The van der Waals surface area contributed by atoms with Crippen LogP contribution in [-0.2, 0) is 20.8 Å². The fourth-order valence-electron chi connectivity index (χ4n) is 5.28. The highest BCUT2D eigenvalue weighted by Gasteiger charge is 2.38. The number of aliphatic hydroxyl groups is 1. The molecule has 0 unspecified atom stereocenters. The number of carbonyl (C=O) groups is 1. The van der Waals surface area contributed by atoms with Gasteiger partial charge in [0.05, 0.1) is 37.9 Å². The maximum atomic E-state index is 12.8. The summed E-state index contributed by atoms with van der Waals surface area (Å²) in [4.78, 5) is 19.3. The smallest absolute Gasteiger partial charge is 0.231 e. The number of hydrogen-bond donors (Lipinski definition) is 1. The summed E-state index contributed by atoms with van der Waals surface area (Å²) in [5.41, 5.74) is 1.11. The van der Waals surface area contributed by atoms with Crippen molar-refractivity contribution in [3.63, 3.8) is 0 Å². The standard InChI is InChI=1S/C24H35N3O6/c1-25-6-8-26(9-7-25)24(29)11-19-3-4-20-23(33-19)15-30-14-18(28)13-27(20)12-17-2-5-21-22(10-17)32-16-31-21/h2,5,10,18-20,23,28H,3-4,6-9,11-16H2,1H3/t18-,19-,20+,23-/m1/s1. The van der Waals surface area contributed by atoms with Gasteiger partial charge < -0.3 is 33.9 Å². The van der Waals surface area contributed by atoms with E-state index in [1.807, 2.05) is 23.1 Å². The number of amides is 1. The topological polar surface area (TPSA) is 83.9 Å². The van der Waals surface area contributed by atoms with Crippen molar-refractivity contribution < 1.29 is 28.8 Å². The monoisotopic (exact) mass is 461 g/mol. The van der Waals surface area contributed by atoms with Gasteiger partial charge in [-0.1, -0.05) is 6.07 Å². The first-order valence-corrected chi connectivity index (χ1v) is 12.1. The number of carbonyl (C=O) groups excluding carboxylic acids is 1. The highest BCUT2D eigenvalue weighted by Crippen LogP contribution is 2.34. The average Bonchev–Trinajstić information content (AvgIpc) is 3.26. The van der Waals surface area contributed by atoms with E-state index < -0.39 is 6.10 Å². The second-order valence-electron chi connectivity index (χ2n) is 9.64. The van der Waals surface area contributed by atoms with Crippen LogP contribution < -0.4 is 9.47 Å². The summed E-state index contributed by atoms with van der Waals surface area (Å²) in [6.45, 7) is 5.60. The second kappa shape index (κ2) is 10.1. The Morgan fingerprint density at radius 1 is 1.09 bits per heavy atom. The van der Waals surface area contributed by atoms with Gasteiger partial charge in [-0.05, 0) is 37.6 Å². The van der Waals surface area contributed by atoms with Crippen LogP contribution in [0, 0.1) is 0 Å². The summed E-state index contributed by atoms with van der Waals surface area (Å²) >= 11 is 0. The third-order valence-electron chi connectivity index (χ3n) is 7.17. The maximum Gasteiger partial charge on any atom is 0.231 e. The fourth-order valence-corrected chi connectivity index (χ4v) is 5.28. The first-order valence-electron chi connectivity index (χ1n) is 12.1. The molecule has 0 radical (unpaired) electrons. The molecule has 0 spiro atoms. The van der Waals surface area contributed by atoms with E-state index in [2.05, 4.69) is 16.8 Å². The number of β-amino-alcohol motifs (C(OH)–C–C–N with tert-alkyl or cyclic N) is 1. The van der Waals surface area contributed by atoms with Crippen LogP contribution in [0.25, 0.3) is 0 Å². The van der Waals surface area contributed by atoms with Crippen LogP contribution in [-0.4, -0.2) is 110 Å². The Labute approximate surface area is 195 Å². The van der Waals surface area contributed by atoms with E-state index in [0.29, 0.717) is 26.1 Å². The molecule has 0 aromatic heterocycles. The van der Waals surface area contributed by atoms with E-state index in [0.717, 1.165) is 56.1 Å². The number of likely N-dealkylation sites (N-methyl/N-ethyl adjacent to an activating group) is 1. The van der Waals surface area contributed by atoms with Crippen LogP contribution in [0.2, 0.25) is 0 Å². The van der Waals surface area contributed by atoms with E-state index >= 15 is 0 Å². The molecule has 9 heteroatoms. The molecule has 0 saturated carbocycles. The zero-order valence-electron chi connectivity index (χ0n) is 19.4. The number of ether oxygens (including phenoxy) is 4. The molecule has 3 saturated heterocycles. The number of hydrogen-bond acceptors (Lipinski definition) is 8. The van der Waals surface area contributed by atoms with Gasteiger partial charge in [-0.2, -0.15) is 0 Å². The lowest BCUT2D eigenvalue weighted by Gasteiger charge is -2.45. The van der Waals surface area contributed by atoms with Crippen LogP contribution in [0.15, 0.2) is 18.2 Å². The number of fused-ring (bicyclic) bond motifs is 2. The number of nitrogens with zero attached hydrogens (tertiary/aromatic N) is 3. The van der Waals surface area contributed by atoms with Crippen LogP contribution in [0.1, 0.15) is 24.8 Å². The van der Waals surface area contributed by atoms with Crippen LogP contribution >= 0.6 is 0 Å². The highest BCUT2D eigenvalue weighted by molar-refractivity contribution is 5.76. The largest absolute Gasteiger partial charge is 0.454 e. The molecule has 1 aromatic carbocycles. The van der Waals surface area contributed by atoms with Gasteiger partial charge >= 0.3 is 0 Å². The summed E-state index contributed by atoms with van der Waals surface area (Å²) < 4.78 is 23.2. The summed E-state index contributed by atoms with van der Waals surface area (Å²) in [6.07, 6.45) is 1.42. The molecule has 4 aliphatic heterocycles. The first kappa shape index (κ1) is 22.9. The minimum Gasteiger partial charge on any atom is -0.454 e. The number of rotatable bonds is 4. The van der Waals surface area contributed by atoms with Crippen molar-refractivity contribution in [1.29, 1.82) is 0 Å². The van der Waals surface area contributed by atoms with Crippen LogP contribution in [0.3, 0.4) is 0 Å². The van der Waals surface area contributed by atoms with Crippen molar-refractivity contribution in [3.05, 3.63) is 23.8 Å². The van der Waals surface area contributed by atoms with Crippen molar-refractivity contribution >= 4 is 5.91 Å². The molecule has 182 valence electrons. The Hall–Kier alpha value is -1.91. The van der Waals surface area contributed by atoms with Crippen molar-refractivity contribution in [2.24, 2.45) is 0 Å². The molecule has 1 N–H and O–H groups in total. The summed E-state index contributed by atoms with van der Waals surface area (Å²) in [6, 6.07) is 6.13. The lowest BCUT2D eigenvalue weighted by Crippen LogP contribution is -2.55. The van der Waals surface area contributed by atoms with Crippen LogP contribution in [0.5, 0.6) is 11.5 Å². The Morgan fingerprint density at radius 2 is 1.91 bits per heavy atom. The van der Waals surface area contributed by atoms with Gasteiger partial charge in [0, 0.05) is 45.3 Å². The minimum atomic E-state index is -0.545. The van der Waals surface area contributed by atoms with E-state index in [1.54, 1.807) is 0 Å². The predicted octanol–water partition coefficient (Wildman–Crippen LogP) is 0.689. The number of aliphatic hydroxyl groups excluding tert-OH is 1. The Morgan fingerprint density at radius 3 is 2.76 bits per heavy atom. The summed E-state index contributed by atoms with van der Waals surface area (Å²) in [7, 11) is 2.09. The molecule has 0 bridgehead atoms. The zero-order chi connectivity index (χ0) is 22.8. The molecule has 4 aliphatic rings. The normalized spacial score (nSPS) is 31.0. The zero-order valence-corrected chi connectivity index (χ0v) is 19.4. The third kappa shape index (κ3) is 5.44. The molecule has 4 heterocycles. The quantitative estimate of drug-likeness (QED) is 0.701. The minimum absolute atomic E-state index is 0.0845. The number of piperazine rings is 1. The van der Waals surface area contributed by atoms with Gasteiger partial charge in [0.15, 0.2) is 11.5 Å². The van der Waals surface area contributed by atoms with E-state index in [4.69, 9.17) is 18.9 Å². The van der Waals surface area contributed by atoms with Crippen molar-refractivity contribution in [2.45, 2.75) is 50.2 Å². The molecule has 33 heavy (non-hydrogen) atoms. The Balaban J connectivity index is 1.23. The lowest BCUT2D eigenvalue weighted by molar-refractivity contribution is -0.161. The molecule has 9 nitrogen and oxygen atoms in total. The maximum absolute atomic E-state index is 12.8. The molecule has 4 atom stereocenters. The fraction of sp³-hybridized carbons (Fsp3) is 0.708. The average molecular weight is 462 g/mol. The van der Waals surface area contributed by atoms with Gasteiger partial charge in [0.2, 0.25) is 12.7 Å². The van der Waals surface area contributed by atoms with Gasteiger partial charge in [0.1, 0.15) is 0 Å². The Bertz CT molecular complexity index is 830. The summed E-state index contributed by atoms with van der Waals surface area (Å²) in [5, 5.41) is 10.4.